The average molecular weight is 442 g/mol. The smallest absolute Gasteiger partial charge is 0.188 e. The molecule has 7 nitrogen and oxygen atoms in total. The molecule has 158 valence electrons. The van der Waals surface area contributed by atoms with Crippen molar-refractivity contribution in [1.82, 2.24) is 19.9 Å². The van der Waals surface area contributed by atoms with E-state index in [0.29, 0.717) is 11.6 Å². The number of nitrogens with one attached hydrogen (secondary N) is 1. The zero-order chi connectivity index (χ0) is 21.9. The summed E-state index contributed by atoms with van der Waals surface area (Å²) in [7, 11) is 3.29. The molecule has 0 aliphatic carbocycles. The van der Waals surface area contributed by atoms with E-state index in [1.54, 1.807) is 26.6 Å². The van der Waals surface area contributed by atoms with Crippen molar-refractivity contribution in [2.24, 2.45) is 0 Å². The number of thiazole rings is 1. The first-order valence-corrected chi connectivity index (χ1v) is 10.7. The fourth-order valence-corrected chi connectivity index (χ4v) is 4.00. The van der Waals surface area contributed by atoms with Crippen LogP contribution in [-0.2, 0) is 0 Å². The Morgan fingerprint density at radius 2 is 1.66 bits per heavy atom. The molecular formula is C24H19N5O2S. The molecule has 3 heterocycles. The van der Waals surface area contributed by atoms with Gasteiger partial charge in [0.2, 0.25) is 0 Å². The van der Waals surface area contributed by atoms with Gasteiger partial charge in [0.1, 0.15) is 17.3 Å². The van der Waals surface area contributed by atoms with E-state index in [2.05, 4.69) is 10.3 Å². The fourth-order valence-electron chi connectivity index (χ4n) is 3.28. The third-order valence-electron chi connectivity index (χ3n) is 4.94. The highest BCUT2D eigenvalue weighted by molar-refractivity contribution is 7.14. The topological polar surface area (TPSA) is 82.0 Å². The van der Waals surface area contributed by atoms with Gasteiger partial charge in [-0.2, -0.15) is 0 Å². The van der Waals surface area contributed by atoms with Gasteiger partial charge in [-0.15, -0.1) is 11.3 Å². The molecule has 0 amide bonds. The summed E-state index contributed by atoms with van der Waals surface area (Å²) >= 11 is 1.51. The summed E-state index contributed by atoms with van der Waals surface area (Å²) < 4.78 is 10.6. The lowest BCUT2D eigenvalue weighted by Crippen LogP contribution is -2.00. The number of fused-ring (bicyclic) bond motifs is 1. The third kappa shape index (κ3) is 3.95. The van der Waals surface area contributed by atoms with Crippen molar-refractivity contribution in [3.63, 3.8) is 0 Å². The van der Waals surface area contributed by atoms with Crippen LogP contribution in [0.4, 0.5) is 10.9 Å². The van der Waals surface area contributed by atoms with Gasteiger partial charge in [0.25, 0.3) is 0 Å². The monoisotopic (exact) mass is 441 g/mol. The van der Waals surface area contributed by atoms with Crippen molar-refractivity contribution in [3.8, 4) is 34.1 Å². The summed E-state index contributed by atoms with van der Waals surface area (Å²) in [6.45, 7) is 0. The molecule has 0 unspecified atom stereocenters. The van der Waals surface area contributed by atoms with Gasteiger partial charge in [-0.3, -0.25) is 4.98 Å². The van der Waals surface area contributed by atoms with E-state index in [1.165, 1.54) is 11.3 Å². The molecule has 0 atom stereocenters. The van der Waals surface area contributed by atoms with Crippen LogP contribution in [0.2, 0.25) is 0 Å². The number of pyridine rings is 1. The lowest BCUT2D eigenvalue weighted by Gasteiger charge is -2.10. The van der Waals surface area contributed by atoms with Crippen LogP contribution in [0.3, 0.4) is 0 Å². The molecule has 0 saturated carbocycles. The molecule has 0 bridgehead atoms. The number of ether oxygens (including phenoxy) is 2. The molecule has 5 rings (SSSR count). The van der Waals surface area contributed by atoms with E-state index in [-0.39, 0.29) is 0 Å². The van der Waals surface area contributed by atoms with Gasteiger partial charge in [0, 0.05) is 34.3 Å². The van der Waals surface area contributed by atoms with Gasteiger partial charge >= 0.3 is 0 Å². The number of benzene rings is 2. The Bertz CT molecular complexity index is 1370. The summed E-state index contributed by atoms with van der Waals surface area (Å²) in [5, 5.41) is 6.96. The van der Waals surface area contributed by atoms with E-state index in [0.717, 1.165) is 44.4 Å². The Hall–Kier alpha value is -4.04. The van der Waals surface area contributed by atoms with Gasteiger partial charge < -0.3 is 14.8 Å². The van der Waals surface area contributed by atoms with Crippen LogP contribution in [0.25, 0.3) is 33.5 Å². The normalized spacial score (nSPS) is 10.8. The second-order valence-corrected chi connectivity index (χ2v) is 7.77. The second-order valence-electron chi connectivity index (χ2n) is 6.91. The first-order valence-electron chi connectivity index (χ1n) is 9.86. The third-order valence-corrected chi connectivity index (χ3v) is 5.70. The Balaban J connectivity index is 1.54. The standard InChI is InChI=1S/C24H19N5O2S/c1-30-17-7-5-15(6-8-17)21-14-32-24(27-21)29-23-19-12-18(31-2)9-10-20(19)26-22(28-23)16-4-3-11-25-13-16/h3-14H,1-2H3,(H,26,27,28,29). The molecular weight excluding hydrogens is 422 g/mol. The van der Waals surface area contributed by atoms with E-state index < -0.39 is 0 Å². The number of anilines is 2. The second kappa shape index (κ2) is 8.60. The molecule has 0 spiro atoms. The number of nitrogens with zero attached hydrogens (tertiary/aromatic N) is 4. The molecule has 8 heteroatoms. The summed E-state index contributed by atoms with van der Waals surface area (Å²) in [6.07, 6.45) is 3.48. The minimum atomic E-state index is 0.588. The number of hydrogen-bond acceptors (Lipinski definition) is 8. The minimum absolute atomic E-state index is 0.588. The largest absolute Gasteiger partial charge is 0.497 e. The Labute approximate surface area is 188 Å². The maximum absolute atomic E-state index is 5.41. The quantitative estimate of drug-likeness (QED) is 0.368. The predicted molar refractivity (Wildman–Crippen MR) is 127 cm³/mol. The Morgan fingerprint density at radius 3 is 2.41 bits per heavy atom. The first-order chi connectivity index (χ1) is 15.7. The first kappa shape index (κ1) is 19.9. The van der Waals surface area contributed by atoms with Crippen molar-refractivity contribution in [1.29, 1.82) is 0 Å². The molecule has 0 aliphatic heterocycles. The van der Waals surface area contributed by atoms with Crippen molar-refractivity contribution >= 4 is 33.2 Å². The van der Waals surface area contributed by atoms with E-state index in [4.69, 9.17) is 24.4 Å². The molecule has 0 radical (unpaired) electrons. The van der Waals surface area contributed by atoms with E-state index in [1.807, 2.05) is 60.0 Å². The molecule has 3 aromatic heterocycles. The highest BCUT2D eigenvalue weighted by Gasteiger charge is 2.13. The summed E-state index contributed by atoms with van der Waals surface area (Å²) in [5.41, 5.74) is 3.53. The molecule has 1 N–H and O–H groups in total. The number of aromatic nitrogens is 4. The van der Waals surface area contributed by atoms with Gasteiger partial charge in [-0.05, 0) is 54.6 Å². The SMILES string of the molecule is COc1ccc(-c2csc(Nc3nc(-c4cccnc4)nc4ccc(OC)cc34)n2)cc1. The molecule has 0 saturated heterocycles. The maximum atomic E-state index is 5.41. The number of methoxy groups -OCH3 is 2. The highest BCUT2D eigenvalue weighted by Crippen LogP contribution is 2.32. The average Bonchev–Trinajstić information content (AvgIpc) is 3.32. The highest BCUT2D eigenvalue weighted by atomic mass is 32.1. The summed E-state index contributed by atoms with van der Waals surface area (Å²) in [6, 6.07) is 17.4. The van der Waals surface area contributed by atoms with Crippen LogP contribution in [0, 0.1) is 0 Å². The zero-order valence-electron chi connectivity index (χ0n) is 17.4. The number of hydrogen-bond donors (Lipinski definition) is 1. The van der Waals surface area contributed by atoms with Crippen molar-refractivity contribution < 1.29 is 9.47 Å². The van der Waals surface area contributed by atoms with Crippen LogP contribution in [0.15, 0.2) is 72.4 Å². The van der Waals surface area contributed by atoms with Gasteiger partial charge in [-0.25, -0.2) is 15.0 Å². The molecule has 2 aromatic carbocycles. The molecule has 5 aromatic rings. The maximum Gasteiger partial charge on any atom is 0.188 e. The van der Waals surface area contributed by atoms with Crippen LogP contribution in [0.1, 0.15) is 0 Å². The summed E-state index contributed by atoms with van der Waals surface area (Å²) in [5.74, 6) is 2.79. The van der Waals surface area contributed by atoms with Crippen LogP contribution >= 0.6 is 11.3 Å². The Kier molecular flexibility index (Phi) is 5.35. The van der Waals surface area contributed by atoms with Gasteiger partial charge in [0.15, 0.2) is 11.0 Å². The predicted octanol–water partition coefficient (Wildman–Crippen LogP) is 5.58. The van der Waals surface area contributed by atoms with Crippen molar-refractivity contribution in [3.05, 3.63) is 72.4 Å². The minimum Gasteiger partial charge on any atom is -0.497 e. The van der Waals surface area contributed by atoms with Gasteiger partial charge in [0.05, 0.1) is 25.4 Å². The molecule has 0 fully saturated rings. The van der Waals surface area contributed by atoms with Crippen molar-refractivity contribution in [2.45, 2.75) is 0 Å². The fraction of sp³-hybridized carbons (Fsp3) is 0.0833. The van der Waals surface area contributed by atoms with Crippen LogP contribution < -0.4 is 14.8 Å². The van der Waals surface area contributed by atoms with Gasteiger partial charge in [-0.1, -0.05) is 0 Å². The lowest BCUT2D eigenvalue weighted by molar-refractivity contribution is 0.415. The Morgan fingerprint density at radius 1 is 0.844 bits per heavy atom. The molecule has 0 aliphatic rings. The lowest BCUT2D eigenvalue weighted by atomic mass is 10.2. The van der Waals surface area contributed by atoms with E-state index in [9.17, 15) is 0 Å². The zero-order valence-corrected chi connectivity index (χ0v) is 18.3. The summed E-state index contributed by atoms with van der Waals surface area (Å²) in [4.78, 5) is 18.4. The van der Waals surface area contributed by atoms with Crippen molar-refractivity contribution in [2.75, 3.05) is 19.5 Å². The van der Waals surface area contributed by atoms with Crippen LogP contribution in [-0.4, -0.2) is 34.2 Å². The molecule has 32 heavy (non-hydrogen) atoms. The van der Waals surface area contributed by atoms with Crippen LogP contribution in [0.5, 0.6) is 11.5 Å². The van der Waals surface area contributed by atoms with E-state index >= 15 is 0 Å². The number of rotatable bonds is 6.